The predicted octanol–water partition coefficient (Wildman–Crippen LogP) is 3.39. The molecule has 2 aliphatic rings. The summed E-state index contributed by atoms with van der Waals surface area (Å²) in [5.41, 5.74) is 4.95. The maximum atomic E-state index is 13.0. The second-order valence-corrected chi connectivity index (χ2v) is 11.3. The minimum absolute atomic E-state index is 0.0708. The van der Waals surface area contributed by atoms with E-state index in [0.717, 1.165) is 35.8 Å². The largest absolute Gasteiger partial charge is 0.464 e. The SMILES string of the molecule is CC(=O)Nc1ccc(S(=O)(=O)N2CCC(NC(=O)Cc3coc4cc5c(cc34)CCC5)CC2)cc1. The van der Waals surface area contributed by atoms with Crippen LogP contribution in [0.5, 0.6) is 0 Å². The van der Waals surface area contributed by atoms with Gasteiger partial charge < -0.3 is 15.1 Å². The lowest BCUT2D eigenvalue weighted by Crippen LogP contribution is -2.46. The minimum atomic E-state index is -3.63. The molecule has 0 atom stereocenters. The van der Waals surface area contributed by atoms with Crippen LogP contribution in [-0.2, 0) is 38.9 Å². The maximum Gasteiger partial charge on any atom is 0.243 e. The van der Waals surface area contributed by atoms with Gasteiger partial charge in [-0.1, -0.05) is 0 Å². The number of carbonyl (C=O) groups excluding carboxylic acids is 2. The van der Waals surface area contributed by atoms with Gasteiger partial charge in [0.05, 0.1) is 17.6 Å². The smallest absolute Gasteiger partial charge is 0.243 e. The number of hydrogen-bond donors (Lipinski definition) is 2. The molecule has 0 unspecified atom stereocenters. The number of aryl methyl sites for hydroxylation is 2. The van der Waals surface area contributed by atoms with Crippen LogP contribution < -0.4 is 10.6 Å². The summed E-state index contributed by atoms with van der Waals surface area (Å²) in [5, 5.41) is 6.70. The van der Waals surface area contributed by atoms with Crippen molar-refractivity contribution in [3.05, 3.63) is 59.4 Å². The fourth-order valence-electron chi connectivity index (χ4n) is 5.04. The van der Waals surface area contributed by atoms with Gasteiger partial charge in [0.1, 0.15) is 5.58 Å². The zero-order chi connectivity index (χ0) is 24.6. The Morgan fingerprint density at radius 2 is 1.74 bits per heavy atom. The molecule has 0 bridgehead atoms. The van der Waals surface area contributed by atoms with E-state index in [2.05, 4.69) is 22.8 Å². The Morgan fingerprint density at radius 3 is 2.43 bits per heavy atom. The number of anilines is 1. The van der Waals surface area contributed by atoms with Crippen LogP contribution in [-0.4, -0.2) is 43.7 Å². The maximum absolute atomic E-state index is 13.0. The number of amides is 2. The number of fused-ring (bicyclic) bond motifs is 2. The number of nitrogens with one attached hydrogen (secondary N) is 2. The van der Waals surface area contributed by atoms with E-state index < -0.39 is 10.0 Å². The van der Waals surface area contributed by atoms with Crippen molar-refractivity contribution >= 4 is 38.5 Å². The van der Waals surface area contributed by atoms with Crippen LogP contribution >= 0.6 is 0 Å². The molecule has 2 aromatic carbocycles. The molecule has 1 saturated heterocycles. The van der Waals surface area contributed by atoms with Crippen molar-refractivity contribution in [2.75, 3.05) is 18.4 Å². The first-order valence-electron chi connectivity index (χ1n) is 12.0. The molecule has 1 aromatic heterocycles. The predicted molar refractivity (Wildman–Crippen MR) is 133 cm³/mol. The van der Waals surface area contributed by atoms with Gasteiger partial charge in [-0.3, -0.25) is 9.59 Å². The van der Waals surface area contributed by atoms with Gasteiger partial charge in [0.2, 0.25) is 21.8 Å². The topological polar surface area (TPSA) is 109 Å². The quantitative estimate of drug-likeness (QED) is 0.545. The molecule has 0 radical (unpaired) electrons. The van der Waals surface area contributed by atoms with Crippen molar-refractivity contribution in [1.29, 1.82) is 0 Å². The number of furan rings is 1. The summed E-state index contributed by atoms with van der Waals surface area (Å²) < 4.78 is 33.2. The third-order valence-corrected chi connectivity index (χ3v) is 8.76. The number of benzene rings is 2. The summed E-state index contributed by atoms with van der Waals surface area (Å²) in [5.74, 6) is -0.294. The highest BCUT2D eigenvalue weighted by Crippen LogP contribution is 2.30. The molecule has 1 fully saturated rings. The van der Waals surface area contributed by atoms with Gasteiger partial charge in [-0.15, -0.1) is 0 Å². The van der Waals surface area contributed by atoms with E-state index in [1.165, 1.54) is 34.5 Å². The summed E-state index contributed by atoms with van der Waals surface area (Å²) >= 11 is 0. The van der Waals surface area contributed by atoms with Crippen molar-refractivity contribution in [1.82, 2.24) is 9.62 Å². The van der Waals surface area contributed by atoms with E-state index in [9.17, 15) is 18.0 Å². The monoisotopic (exact) mass is 495 g/mol. The first-order chi connectivity index (χ1) is 16.8. The van der Waals surface area contributed by atoms with Gasteiger partial charge in [0.25, 0.3) is 0 Å². The molecule has 184 valence electrons. The second-order valence-electron chi connectivity index (χ2n) is 9.36. The summed E-state index contributed by atoms with van der Waals surface area (Å²) in [6.45, 7) is 2.07. The molecule has 0 spiro atoms. The molecule has 1 aliphatic heterocycles. The third kappa shape index (κ3) is 4.97. The first kappa shape index (κ1) is 23.6. The molecule has 0 saturated carbocycles. The lowest BCUT2D eigenvalue weighted by Gasteiger charge is -2.31. The van der Waals surface area contributed by atoms with Crippen molar-refractivity contribution < 1.29 is 22.4 Å². The van der Waals surface area contributed by atoms with Crippen molar-refractivity contribution in [2.24, 2.45) is 0 Å². The molecule has 9 heteroatoms. The molecule has 5 rings (SSSR count). The summed E-state index contributed by atoms with van der Waals surface area (Å²) in [6, 6.07) is 10.3. The fourth-order valence-corrected chi connectivity index (χ4v) is 6.51. The highest BCUT2D eigenvalue weighted by atomic mass is 32.2. The van der Waals surface area contributed by atoms with E-state index in [1.807, 2.05) is 0 Å². The van der Waals surface area contributed by atoms with E-state index in [1.54, 1.807) is 18.4 Å². The Bertz CT molecular complexity index is 1370. The number of nitrogens with zero attached hydrogens (tertiary/aromatic N) is 1. The number of sulfonamides is 1. The summed E-state index contributed by atoms with van der Waals surface area (Å²) in [4.78, 5) is 24.1. The van der Waals surface area contributed by atoms with Gasteiger partial charge in [0, 0.05) is 42.7 Å². The van der Waals surface area contributed by atoms with Crippen LogP contribution in [0.3, 0.4) is 0 Å². The normalized spacial score (nSPS) is 16.8. The highest BCUT2D eigenvalue weighted by molar-refractivity contribution is 7.89. The zero-order valence-electron chi connectivity index (χ0n) is 19.7. The zero-order valence-corrected chi connectivity index (χ0v) is 20.5. The first-order valence-corrected chi connectivity index (χ1v) is 13.4. The summed E-state index contributed by atoms with van der Waals surface area (Å²) in [7, 11) is -3.63. The number of rotatable bonds is 6. The van der Waals surface area contributed by atoms with E-state index in [4.69, 9.17) is 4.42 Å². The van der Waals surface area contributed by atoms with Crippen LogP contribution in [0.15, 0.2) is 52.0 Å². The number of piperidine rings is 1. The van der Waals surface area contributed by atoms with E-state index >= 15 is 0 Å². The van der Waals surface area contributed by atoms with Crippen LogP contribution in [0.2, 0.25) is 0 Å². The Labute approximate surface area is 204 Å². The average molecular weight is 496 g/mol. The van der Waals surface area contributed by atoms with Gasteiger partial charge in [-0.05, 0) is 79.6 Å². The Kier molecular flexibility index (Phi) is 6.37. The van der Waals surface area contributed by atoms with Crippen molar-refractivity contribution in [3.8, 4) is 0 Å². The van der Waals surface area contributed by atoms with Gasteiger partial charge in [-0.25, -0.2) is 8.42 Å². The third-order valence-electron chi connectivity index (χ3n) is 6.85. The van der Waals surface area contributed by atoms with E-state index in [-0.39, 0.29) is 29.2 Å². The van der Waals surface area contributed by atoms with Gasteiger partial charge in [-0.2, -0.15) is 4.31 Å². The molecule has 1 aliphatic carbocycles. The Balaban J connectivity index is 1.17. The van der Waals surface area contributed by atoms with Crippen LogP contribution in [0.25, 0.3) is 11.0 Å². The molecular weight excluding hydrogens is 466 g/mol. The van der Waals surface area contributed by atoms with Crippen LogP contribution in [0.1, 0.15) is 42.9 Å². The lowest BCUT2D eigenvalue weighted by atomic mass is 10.0. The Morgan fingerprint density at radius 1 is 1.06 bits per heavy atom. The lowest BCUT2D eigenvalue weighted by molar-refractivity contribution is -0.121. The fraction of sp³-hybridized carbons (Fsp3) is 0.385. The molecule has 2 N–H and O–H groups in total. The molecule has 35 heavy (non-hydrogen) atoms. The number of carbonyl (C=O) groups is 2. The van der Waals surface area contributed by atoms with Crippen molar-refractivity contribution in [3.63, 3.8) is 0 Å². The van der Waals surface area contributed by atoms with Gasteiger partial charge in [0.15, 0.2) is 0 Å². The molecule has 2 heterocycles. The molecule has 8 nitrogen and oxygen atoms in total. The van der Waals surface area contributed by atoms with Crippen LogP contribution in [0, 0.1) is 0 Å². The van der Waals surface area contributed by atoms with Gasteiger partial charge >= 0.3 is 0 Å². The van der Waals surface area contributed by atoms with Crippen LogP contribution in [0.4, 0.5) is 5.69 Å². The summed E-state index contributed by atoms with van der Waals surface area (Å²) in [6.07, 6.45) is 6.33. The van der Waals surface area contributed by atoms with Crippen molar-refractivity contribution in [2.45, 2.75) is 56.4 Å². The highest BCUT2D eigenvalue weighted by Gasteiger charge is 2.30. The second kappa shape index (κ2) is 9.47. The molecule has 2 amide bonds. The standard InChI is InChI=1S/C26H29N3O5S/c1-17(30)27-21-5-7-23(8-6-21)35(32,33)29-11-9-22(10-12-29)28-26(31)15-20-16-34-25-14-19-4-2-3-18(19)13-24(20)25/h5-8,13-14,16,22H,2-4,9-12,15H2,1H3,(H,27,30)(H,28,31). The molecule has 3 aromatic rings. The van der Waals surface area contributed by atoms with E-state index in [0.29, 0.717) is 31.6 Å². The average Bonchev–Trinajstić information content (AvgIpc) is 3.44. The minimum Gasteiger partial charge on any atom is -0.464 e. The molecular formula is C26H29N3O5S. The Hall–Kier alpha value is -3.17. The number of hydrogen-bond acceptors (Lipinski definition) is 5.